The van der Waals surface area contributed by atoms with E-state index >= 15 is 0 Å². The number of ether oxygens (including phenoxy) is 1. The third kappa shape index (κ3) is 2.75. The van der Waals surface area contributed by atoms with Crippen molar-refractivity contribution in [2.75, 3.05) is 26.2 Å². The first-order valence-electron chi connectivity index (χ1n) is 10.2. The predicted octanol–water partition coefficient (Wildman–Crippen LogP) is 5.52. The van der Waals surface area contributed by atoms with Gasteiger partial charge in [0.25, 0.3) is 0 Å². The van der Waals surface area contributed by atoms with Gasteiger partial charge in [-0.3, -0.25) is 4.79 Å². The Kier molecular flexibility index (Phi) is 4.36. The molecule has 0 spiro atoms. The number of hydrogen-bond donors (Lipinski definition) is 0. The predicted molar refractivity (Wildman–Crippen MR) is 116 cm³/mol. The SMILES string of the molecule is CCN(CC)CCOc1ccc2c3c(cccc13)C(=O)c1c-2oc2ccccc12. The molecule has 0 N–H and O–H groups in total. The molecule has 29 heavy (non-hydrogen) atoms. The lowest BCUT2D eigenvalue weighted by molar-refractivity contribution is 0.104. The van der Waals surface area contributed by atoms with Crippen LogP contribution in [0.1, 0.15) is 29.8 Å². The molecule has 0 aliphatic heterocycles. The molecule has 146 valence electrons. The summed E-state index contributed by atoms with van der Waals surface area (Å²) in [5.41, 5.74) is 3.07. The van der Waals surface area contributed by atoms with E-state index in [0.717, 1.165) is 52.7 Å². The first-order valence-corrected chi connectivity index (χ1v) is 10.2. The second kappa shape index (κ2) is 7.05. The van der Waals surface area contributed by atoms with E-state index in [0.29, 0.717) is 23.5 Å². The van der Waals surface area contributed by atoms with E-state index in [1.165, 1.54) is 0 Å². The van der Waals surface area contributed by atoms with Crippen LogP contribution < -0.4 is 4.74 Å². The number of benzene rings is 3. The van der Waals surface area contributed by atoms with Crippen molar-refractivity contribution in [1.29, 1.82) is 0 Å². The minimum atomic E-state index is 0.0170. The highest BCUT2D eigenvalue weighted by molar-refractivity contribution is 6.29. The topological polar surface area (TPSA) is 42.7 Å². The summed E-state index contributed by atoms with van der Waals surface area (Å²) in [7, 11) is 0. The fraction of sp³-hybridized carbons (Fsp3) is 0.240. The van der Waals surface area contributed by atoms with Gasteiger partial charge in [-0.15, -0.1) is 0 Å². The molecule has 1 heterocycles. The minimum absolute atomic E-state index is 0.0170. The second-order valence-corrected chi connectivity index (χ2v) is 7.35. The van der Waals surface area contributed by atoms with Crippen molar-refractivity contribution in [3.63, 3.8) is 0 Å². The number of carbonyl (C=O) groups excluding carboxylic acids is 1. The van der Waals surface area contributed by atoms with E-state index in [1.54, 1.807) is 0 Å². The summed E-state index contributed by atoms with van der Waals surface area (Å²) in [5, 5.41) is 2.75. The molecule has 0 bridgehead atoms. The Bertz CT molecular complexity index is 1230. The van der Waals surface area contributed by atoms with E-state index < -0.39 is 0 Å². The van der Waals surface area contributed by atoms with E-state index in [1.807, 2.05) is 54.6 Å². The van der Waals surface area contributed by atoms with Crippen molar-refractivity contribution in [2.24, 2.45) is 0 Å². The van der Waals surface area contributed by atoms with Gasteiger partial charge in [-0.2, -0.15) is 0 Å². The fourth-order valence-electron chi connectivity index (χ4n) is 4.30. The number of hydrogen-bond acceptors (Lipinski definition) is 4. The Morgan fingerprint density at radius 2 is 1.69 bits per heavy atom. The second-order valence-electron chi connectivity index (χ2n) is 7.35. The number of ketones is 1. The summed E-state index contributed by atoms with van der Waals surface area (Å²) in [6.07, 6.45) is 0. The summed E-state index contributed by atoms with van der Waals surface area (Å²) >= 11 is 0. The molecule has 0 saturated carbocycles. The highest BCUT2D eigenvalue weighted by atomic mass is 16.5. The van der Waals surface area contributed by atoms with E-state index in [2.05, 4.69) is 18.7 Å². The van der Waals surface area contributed by atoms with Crippen LogP contribution in [0.25, 0.3) is 33.1 Å². The van der Waals surface area contributed by atoms with Crippen LogP contribution in [0, 0.1) is 0 Å². The van der Waals surface area contributed by atoms with Gasteiger partial charge in [0.2, 0.25) is 0 Å². The van der Waals surface area contributed by atoms with Crippen LogP contribution >= 0.6 is 0 Å². The van der Waals surface area contributed by atoms with E-state index in [4.69, 9.17) is 9.15 Å². The zero-order valence-electron chi connectivity index (χ0n) is 16.7. The summed E-state index contributed by atoms with van der Waals surface area (Å²) in [6, 6.07) is 17.6. The third-order valence-corrected chi connectivity index (χ3v) is 5.87. The van der Waals surface area contributed by atoms with Crippen LogP contribution in [-0.2, 0) is 0 Å². The van der Waals surface area contributed by atoms with Crippen LogP contribution in [0.2, 0.25) is 0 Å². The number of furan rings is 1. The first kappa shape index (κ1) is 18.0. The number of rotatable bonds is 6. The van der Waals surface area contributed by atoms with Crippen molar-refractivity contribution >= 4 is 27.5 Å². The molecule has 4 nitrogen and oxygen atoms in total. The van der Waals surface area contributed by atoms with Gasteiger partial charge in [0.05, 0.1) is 5.56 Å². The molecule has 4 heteroatoms. The average Bonchev–Trinajstić information content (AvgIpc) is 3.15. The Hall–Kier alpha value is -3.11. The Balaban J connectivity index is 1.62. The maximum Gasteiger partial charge on any atom is 0.198 e. The van der Waals surface area contributed by atoms with Crippen molar-refractivity contribution in [3.8, 4) is 17.1 Å². The van der Waals surface area contributed by atoms with Crippen LogP contribution in [0.15, 0.2) is 59.0 Å². The standard InChI is InChI=1S/C25H23NO3/c1-3-26(4-2)14-15-28-20-13-12-19-22-16(20)9-7-10-18(22)24(27)23-17-8-5-6-11-21(17)29-25(19)23/h5-13H,3-4,14-15H2,1-2H3. The number of fused-ring (bicyclic) bond motifs is 4. The zero-order valence-corrected chi connectivity index (χ0v) is 16.7. The van der Waals surface area contributed by atoms with Gasteiger partial charge < -0.3 is 14.1 Å². The highest BCUT2D eigenvalue weighted by Gasteiger charge is 2.31. The van der Waals surface area contributed by atoms with Crippen LogP contribution in [-0.4, -0.2) is 36.9 Å². The Labute approximate surface area is 169 Å². The third-order valence-electron chi connectivity index (χ3n) is 5.87. The van der Waals surface area contributed by atoms with Crippen LogP contribution in [0.4, 0.5) is 0 Å². The molecule has 0 atom stereocenters. The van der Waals surface area contributed by atoms with Crippen molar-refractivity contribution in [1.82, 2.24) is 4.90 Å². The normalized spacial score (nSPS) is 12.7. The van der Waals surface area contributed by atoms with Gasteiger partial charge in [0.1, 0.15) is 23.7 Å². The molecule has 0 amide bonds. The number of para-hydroxylation sites is 1. The Morgan fingerprint density at radius 1 is 0.897 bits per heavy atom. The molecule has 0 unspecified atom stereocenters. The van der Waals surface area contributed by atoms with Crippen LogP contribution in [0.5, 0.6) is 5.75 Å². The molecule has 0 radical (unpaired) electrons. The maximum atomic E-state index is 13.4. The lowest BCUT2D eigenvalue weighted by atomic mass is 9.85. The van der Waals surface area contributed by atoms with Crippen molar-refractivity contribution in [3.05, 3.63) is 65.7 Å². The van der Waals surface area contributed by atoms with Crippen molar-refractivity contribution < 1.29 is 13.9 Å². The summed E-state index contributed by atoms with van der Waals surface area (Å²) < 4.78 is 12.3. The highest BCUT2D eigenvalue weighted by Crippen LogP contribution is 2.45. The maximum absolute atomic E-state index is 13.4. The Morgan fingerprint density at radius 3 is 2.52 bits per heavy atom. The molecule has 0 saturated heterocycles. The van der Waals surface area contributed by atoms with Crippen molar-refractivity contribution in [2.45, 2.75) is 13.8 Å². The molecular weight excluding hydrogens is 362 g/mol. The van der Waals surface area contributed by atoms with E-state index in [-0.39, 0.29) is 5.78 Å². The molecule has 0 fully saturated rings. The first-order chi connectivity index (χ1) is 14.2. The molecule has 4 aromatic rings. The lowest BCUT2D eigenvalue weighted by Gasteiger charge is -2.20. The van der Waals surface area contributed by atoms with Gasteiger partial charge in [0, 0.05) is 33.8 Å². The number of likely N-dealkylation sites (N-methyl/N-ethyl adjacent to an activating group) is 1. The van der Waals surface area contributed by atoms with Gasteiger partial charge in [-0.05, 0) is 31.3 Å². The summed E-state index contributed by atoms with van der Waals surface area (Å²) in [5.74, 6) is 1.49. The quantitative estimate of drug-likeness (QED) is 0.386. The molecule has 1 aromatic heterocycles. The molecule has 3 aromatic carbocycles. The van der Waals surface area contributed by atoms with Gasteiger partial charge in [-0.25, -0.2) is 0 Å². The smallest absolute Gasteiger partial charge is 0.198 e. The summed E-state index contributed by atoms with van der Waals surface area (Å²) in [6.45, 7) is 7.82. The number of carbonyl (C=O) groups is 1. The van der Waals surface area contributed by atoms with Crippen LogP contribution in [0.3, 0.4) is 0 Å². The van der Waals surface area contributed by atoms with E-state index in [9.17, 15) is 4.79 Å². The largest absolute Gasteiger partial charge is 0.492 e. The zero-order chi connectivity index (χ0) is 20.0. The summed E-state index contributed by atoms with van der Waals surface area (Å²) in [4.78, 5) is 15.7. The number of nitrogens with zero attached hydrogens (tertiary/aromatic N) is 1. The monoisotopic (exact) mass is 385 g/mol. The average molecular weight is 385 g/mol. The van der Waals surface area contributed by atoms with Gasteiger partial charge >= 0.3 is 0 Å². The minimum Gasteiger partial charge on any atom is -0.492 e. The van der Waals surface area contributed by atoms with Gasteiger partial charge in [-0.1, -0.05) is 50.2 Å². The van der Waals surface area contributed by atoms with Gasteiger partial charge in [0.15, 0.2) is 5.78 Å². The lowest BCUT2D eigenvalue weighted by Crippen LogP contribution is -2.27. The molecule has 5 rings (SSSR count). The fourth-order valence-corrected chi connectivity index (χ4v) is 4.30. The molecule has 1 aliphatic carbocycles. The molecular formula is C25H23NO3. The molecule has 1 aliphatic rings.